The summed E-state index contributed by atoms with van der Waals surface area (Å²) in [5.74, 6) is 0.388. The van der Waals surface area contributed by atoms with Crippen molar-refractivity contribution in [2.45, 2.75) is 26.7 Å². The van der Waals surface area contributed by atoms with E-state index in [1.54, 1.807) is 12.1 Å². The van der Waals surface area contributed by atoms with Gasteiger partial charge in [0.1, 0.15) is 5.82 Å². The molecule has 0 saturated carbocycles. The van der Waals surface area contributed by atoms with Crippen LogP contribution in [0, 0.1) is 11.7 Å². The molecule has 0 radical (unpaired) electrons. The number of anilines is 1. The predicted octanol–water partition coefficient (Wildman–Crippen LogP) is 4.33. The lowest BCUT2D eigenvalue weighted by Gasteiger charge is -2.11. The van der Waals surface area contributed by atoms with Crippen molar-refractivity contribution in [3.8, 4) is 0 Å². The summed E-state index contributed by atoms with van der Waals surface area (Å²) in [4.78, 5) is 0. The summed E-state index contributed by atoms with van der Waals surface area (Å²) < 4.78 is 13.3. The van der Waals surface area contributed by atoms with Gasteiger partial charge in [0.05, 0.1) is 5.69 Å². The zero-order valence-electron chi connectivity index (χ0n) is 9.19. The highest BCUT2D eigenvalue weighted by Crippen LogP contribution is 2.19. The van der Waals surface area contributed by atoms with Crippen LogP contribution in [0.1, 0.15) is 26.7 Å². The Kier molecular flexibility index (Phi) is 4.89. The highest BCUT2D eigenvalue weighted by atomic mass is 35.5. The van der Waals surface area contributed by atoms with Gasteiger partial charge in [0, 0.05) is 11.6 Å². The molecule has 0 heterocycles. The second kappa shape index (κ2) is 5.96. The maximum Gasteiger partial charge on any atom is 0.147 e. The second-order valence-electron chi connectivity index (χ2n) is 3.85. The van der Waals surface area contributed by atoms with Crippen molar-refractivity contribution < 1.29 is 4.39 Å². The first-order valence-corrected chi connectivity index (χ1v) is 5.70. The van der Waals surface area contributed by atoms with E-state index in [2.05, 4.69) is 19.2 Å². The fraction of sp³-hybridized carbons (Fsp3) is 0.500. The molecule has 1 N–H and O–H groups in total. The van der Waals surface area contributed by atoms with E-state index in [-0.39, 0.29) is 5.82 Å². The van der Waals surface area contributed by atoms with Gasteiger partial charge < -0.3 is 5.32 Å². The van der Waals surface area contributed by atoms with Crippen LogP contribution in [0.2, 0.25) is 5.02 Å². The van der Waals surface area contributed by atoms with Crippen LogP contribution in [-0.2, 0) is 0 Å². The molecule has 0 aliphatic heterocycles. The van der Waals surface area contributed by atoms with E-state index in [0.29, 0.717) is 16.6 Å². The largest absolute Gasteiger partial charge is 0.383 e. The molecule has 3 heteroatoms. The van der Waals surface area contributed by atoms with Crippen molar-refractivity contribution in [1.82, 2.24) is 0 Å². The summed E-state index contributed by atoms with van der Waals surface area (Å²) >= 11 is 5.66. The molecule has 84 valence electrons. The van der Waals surface area contributed by atoms with E-state index in [0.717, 1.165) is 19.4 Å². The SMILES string of the molecule is CC[C@@H](C)CCNc1ccc(Cl)cc1F. The molecule has 0 amide bonds. The van der Waals surface area contributed by atoms with Gasteiger partial charge >= 0.3 is 0 Å². The Balaban J connectivity index is 2.44. The summed E-state index contributed by atoms with van der Waals surface area (Å²) in [5.41, 5.74) is 0.530. The zero-order valence-corrected chi connectivity index (χ0v) is 9.94. The first kappa shape index (κ1) is 12.3. The van der Waals surface area contributed by atoms with Gasteiger partial charge in [0.15, 0.2) is 0 Å². The lowest BCUT2D eigenvalue weighted by atomic mass is 10.1. The average molecular weight is 230 g/mol. The molecule has 1 atom stereocenters. The van der Waals surface area contributed by atoms with Crippen molar-refractivity contribution in [2.24, 2.45) is 5.92 Å². The Morgan fingerprint density at radius 1 is 1.47 bits per heavy atom. The monoisotopic (exact) mass is 229 g/mol. The summed E-state index contributed by atoms with van der Waals surface area (Å²) in [5, 5.41) is 3.50. The number of nitrogens with one attached hydrogen (secondary N) is 1. The van der Waals surface area contributed by atoms with Gasteiger partial charge in [-0.15, -0.1) is 0 Å². The minimum Gasteiger partial charge on any atom is -0.383 e. The van der Waals surface area contributed by atoms with Gasteiger partial charge in [-0.05, 0) is 30.5 Å². The van der Waals surface area contributed by atoms with E-state index in [9.17, 15) is 4.39 Å². The fourth-order valence-corrected chi connectivity index (χ4v) is 1.45. The molecule has 0 bridgehead atoms. The number of benzene rings is 1. The first-order valence-electron chi connectivity index (χ1n) is 5.32. The third kappa shape index (κ3) is 4.08. The summed E-state index contributed by atoms with van der Waals surface area (Å²) in [6, 6.07) is 4.69. The lowest BCUT2D eigenvalue weighted by molar-refractivity contribution is 0.530. The Morgan fingerprint density at radius 2 is 2.20 bits per heavy atom. The minimum absolute atomic E-state index is 0.286. The van der Waals surface area contributed by atoms with Gasteiger partial charge in [-0.1, -0.05) is 31.9 Å². The quantitative estimate of drug-likeness (QED) is 0.793. The molecule has 1 aromatic carbocycles. The van der Waals surface area contributed by atoms with Gasteiger partial charge in [-0.3, -0.25) is 0 Å². The third-order valence-corrected chi connectivity index (χ3v) is 2.82. The molecule has 0 aromatic heterocycles. The standard InChI is InChI=1S/C12H17ClFN/c1-3-9(2)6-7-15-12-5-4-10(13)8-11(12)14/h4-5,8-9,15H,3,6-7H2,1-2H3/t9-/m1/s1. The molecular weight excluding hydrogens is 213 g/mol. The topological polar surface area (TPSA) is 12.0 Å². The first-order chi connectivity index (χ1) is 7.13. The molecule has 0 fully saturated rings. The van der Waals surface area contributed by atoms with Crippen molar-refractivity contribution in [1.29, 1.82) is 0 Å². The molecule has 0 aliphatic rings. The highest BCUT2D eigenvalue weighted by Gasteiger charge is 2.03. The fourth-order valence-electron chi connectivity index (χ4n) is 1.29. The molecule has 0 aliphatic carbocycles. The van der Waals surface area contributed by atoms with Crippen LogP contribution in [0.3, 0.4) is 0 Å². The molecule has 0 spiro atoms. The minimum atomic E-state index is -0.286. The normalized spacial score (nSPS) is 12.5. The molecule has 0 saturated heterocycles. The van der Waals surface area contributed by atoms with Crippen LogP contribution in [0.4, 0.5) is 10.1 Å². The van der Waals surface area contributed by atoms with Crippen LogP contribution in [0.5, 0.6) is 0 Å². The van der Waals surface area contributed by atoms with E-state index in [4.69, 9.17) is 11.6 Å². The van der Waals surface area contributed by atoms with Crippen molar-refractivity contribution in [3.63, 3.8) is 0 Å². The number of rotatable bonds is 5. The van der Waals surface area contributed by atoms with Crippen LogP contribution in [0.25, 0.3) is 0 Å². The third-order valence-electron chi connectivity index (χ3n) is 2.58. The lowest BCUT2D eigenvalue weighted by Crippen LogP contribution is -2.07. The summed E-state index contributed by atoms with van der Waals surface area (Å²) in [6.45, 7) is 5.15. The number of hydrogen-bond acceptors (Lipinski definition) is 1. The molecular formula is C12H17ClFN. The maximum absolute atomic E-state index is 13.3. The van der Waals surface area contributed by atoms with Crippen molar-refractivity contribution >= 4 is 17.3 Å². The number of hydrogen-bond donors (Lipinski definition) is 1. The summed E-state index contributed by atoms with van der Waals surface area (Å²) in [7, 11) is 0. The maximum atomic E-state index is 13.3. The molecule has 0 unspecified atom stereocenters. The molecule has 1 rings (SSSR count). The van der Waals surface area contributed by atoms with Crippen LogP contribution in [0.15, 0.2) is 18.2 Å². The van der Waals surface area contributed by atoms with Crippen molar-refractivity contribution in [3.05, 3.63) is 29.0 Å². The smallest absolute Gasteiger partial charge is 0.147 e. The Labute approximate surface area is 95.6 Å². The van der Waals surface area contributed by atoms with Gasteiger partial charge in [0.2, 0.25) is 0 Å². The van der Waals surface area contributed by atoms with E-state index < -0.39 is 0 Å². The molecule has 15 heavy (non-hydrogen) atoms. The van der Waals surface area contributed by atoms with E-state index in [1.165, 1.54) is 6.07 Å². The summed E-state index contributed by atoms with van der Waals surface area (Å²) in [6.07, 6.45) is 2.21. The number of halogens is 2. The van der Waals surface area contributed by atoms with E-state index >= 15 is 0 Å². The van der Waals surface area contributed by atoms with Crippen LogP contribution >= 0.6 is 11.6 Å². The van der Waals surface area contributed by atoms with Gasteiger partial charge in [-0.2, -0.15) is 0 Å². The predicted molar refractivity (Wildman–Crippen MR) is 64.0 cm³/mol. The Hall–Kier alpha value is -0.760. The Bertz CT molecular complexity index is 314. The molecule has 1 aromatic rings. The van der Waals surface area contributed by atoms with Gasteiger partial charge in [0.25, 0.3) is 0 Å². The van der Waals surface area contributed by atoms with Crippen molar-refractivity contribution in [2.75, 3.05) is 11.9 Å². The van der Waals surface area contributed by atoms with E-state index in [1.807, 2.05) is 0 Å². The second-order valence-corrected chi connectivity index (χ2v) is 4.29. The Morgan fingerprint density at radius 3 is 2.80 bits per heavy atom. The molecule has 1 nitrogen and oxygen atoms in total. The van der Waals surface area contributed by atoms with Gasteiger partial charge in [-0.25, -0.2) is 4.39 Å². The average Bonchev–Trinajstić information content (AvgIpc) is 2.21. The van der Waals surface area contributed by atoms with Crippen LogP contribution < -0.4 is 5.32 Å². The van der Waals surface area contributed by atoms with Crippen LogP contribution in [-0.4, -0.2) is 6.54 Å². The zero-order chi connectivity index (χ0) is 11.3. The highest BCUT2D eigenvalue weighted by molar-refractivity contribution is 6.30.